The third-order valence-electron chi connectivity index (χ3n) is 4.15. The predicted octanol–water partition coefficient (Wildman–Crippen LogP) is 2.30. The van der Waals surface area contributed by atoms with Gasteiger partial charge in [0.1, 0.15) is 5.60 Å². The normalized spacial score (nSPS) is 31.1. The number of nitrogens with zero attached hydrogens (tertiary/aromatic N) is 2. The van der Waals surface area contributed by atoms with E-state index in [0.717, 1.165) is 25.7 Å². The van der Waals surface area contributed by atoms with Crippen LogP contribution in [0.2, 0.25) is 0 Å². The average molecular weight is 283 g/mol. The van der Waals surface area contributed by atoms with Crippen molar-refractivity contribution in [3.63, 3.8) is 0 Å². The van der Waals surface area contributed by atoms with Crippen LogP contribution in [0.15, 0.2) is 5.16 Å². The topological polar surface area (TPSA) is 88.2 Å². The second-order valence-corrected chi connectivity index (χ2v) is 6.78. The highest BCUT2D eigenvalue weighted by Gasteiger charge is 2.47. The number of likely N-dealkylation sites (tertiary alicyclic amines) is 1. The highest BCUT2D eigenvalue weighted by Crippen LogP contribution is 2.40. The van der Waals surface area contributed by atoms with E-state index in [1.54, 1.807) is 4.90 Å². The third kappa shape index (κ3) is 2.99. The van der Waals surface area contributed by atoms with Crippen molar-refractivity contribution in [1.29, 1.82) is 0 Å². The van der Waals surface area contributed by atoms with E-state index in [9.17, 15) is 4.79 Å². The maximum absolute atomic E-state index is 12.5. The van der Waals surface area contributed by atoms with E-state index < -0.39 is 5.60 Å². The van der Waals surface area contributed by atoms with Crippen LogP contribution < -0.4 is 5.73 Å². The molecule has 0 aromatic rings. The standard InChI is InChI=1S/C14H25N3O3/c1-14(2,3)20-13(18)17-10-7-5-4-6-9(10)8-11(17)12(15)16-19/h9-11,19H,4-8H2,1-3H3,(H2,15,16)/t9-,10-,11-/m0/s1. The van der Waals surface area contributed by atoms with Gasteiger partial charge in [0.2, 0.25) is 0 Å². The van der Waals surface area contributed by atoms with Gasteiger partial charge in [-0.25, -0.2) is 4.79 Å². The summed E-state index contributed by atoms with van der Waals surface area (Å²) in [6, 6.07) is -0.188. The zero-order chi connectivity index (χ0) is 14.9. The van der Waals surface area contributed by atoms with E-state index in [0.29, 0.717) is 5.92 Å². The van der Waals surface area contributed by atoms with Crippen molar-refractivity contribution in [2.45, 2.75) is 70.6 Å². The van der Waals surface area contributed by atoms with Crippen molar-refractivity contribution in [2.24, 2.45) is 16.8 Å². The Hall–Kier alpha value is -1.46. The van der Waals surface area contributed by atoms with Crippen molar-refractivity contribution >= 4 is 11.9 Å². The number of amides is 1. The van der Waals surface area contributed by atoms with Crippen LogP contribution in [0.5, 0.6) is 0 Å². The van der Waals surface area contributed by atoms with Crippen molar-refractivity contribution in [3.05, 3.63) is 0 Å². The molecule has 0 bridgehead atoms. The molecule has 0 unspecified atom stereocenters. The molecule has 6 nitrogen and oxygen atoms in total. The maximum Gasteiger partial charge on any atom is 0.411 e. The number of ether oxygens (including phenoxy) is 1. The molecular formula is C14H25N3O3. The van der Waals surface area contributed by atoms with Crippen molar-refractivity contribution < 1.29 is 14.7 Å². The maximum atomic E-state index is 12.5. The minimum Gasteiger partial charge on any atom is -0.444 e. The summed E-state index contributed by atoms with van der Waals surface area (Å²) in [6.45, 7) is 5.54. The first-order valence-electron chi connectivity index (χ1n) is 7.32. The number of nitrogens with two attached hydrogens (primary N) is 1. The molecule has 2 fully saturated rings. The van der Waals surface area contributed by atoms with Crippen LogP contribution in [0.4, 0.5) is 4.79 Å². The lowest BCUT2D eigenvalue weighted by atomic mass is 9.85. The van der Waals surface area contributed by atoms with Crippen molar-refractivity contribution in [3.8, 4) is 0 Å². The number of rotatable bonds is 1. The van der Waals surface area contributed by atoms with Crippen LogP contribution >= 0.6 is 0 Å². The van der Waals surface area contributed by atoms with Gasteiger partial charge in [0.05, 0.1) is 6.04 Å². The molecular weight excluding hydrogens is 258 g/mol. The molecule has 0 radical (unpaired) electrons. The van der Waals surface area contributed by atoms with E-state index in [4.69, 9.17) is 15.7 Å². The van der Waals surface area contributed by atoms with Gasteiger partial charge in [0.15, 0.2) is 5.84 Å². The molecule has 1 amide bonds. The van der Waals surface area contributed by atoms with Crippen LogP contribution in [0, 0.1) is 5.92 Å². The van der Waals surface area contributed by atoms with Gasteiger partial charge in [-0.15, -0.1) is 0 Å². The number of carbonyl (C=O) groups is 1. The summed E-state index contributed by atoms with van der Waals surface area (Å²) in [5, 5.41) is 12.0. The molecule has 2 rings (SSSR count). The van der Waals surface area contributed by atoms with Gasteiger partial charge in [-0.05, 0) is 46.0 Å². The van der Waals surface area contributed by atoms with Gasteiger partial charge in [-0.1, -0.05) is 18.0 Å². The highest BCUT2D eigenvalue weighted by molar-refractivity contribution is 5.89. The molecule has 1 saturated carbocycles. The van der Waals surface area contributed by atoms with Crippen LogP contribution in [0.25, 0.3) is 0 Å². The van der Waals surface area contributed by atoms with E-state index >= 15 is 0 Å². The summed E-state index contributed by atoms with van der Waals surface area (Å²) in [5.74, 6) is 0.534. The Balaban J connectivity index is 2.21. The monoisotopic (exact) mass is 283 g/mol. The second-order valence-electron chi connectivity index (χ2n) is 6.78. The largest absolute Gasteiger partial charge is 0.444 e. The molecule has 1 aliphatic carbocycles. The minimum absolute atomic E-state index is 0.102. The molecule has 0 spiro atoms. The SMILES string of the molecule is CC(C)(C)OC(=O)N1[C@H](C(N)=NO)C[C@@H]2CCCC[C@@H]21. The van der Waals surface area contributed by atoms with E-state index in [2.05, 4.69) is 5.16 Å². The third-order valence-corrected chi connectivity index (χ3v) is 4.15. The lowest BCUT2D eigenvalue weighted by molar-refractivity contribution is 0.0147. The fraction of sp³-hybridized carbons (Fsp3) is 0.857. The Morgan fingerprint density at radius 3 is 2.60 bits per heavy atom. The molecule has 20 heavy (non-hydrogen) atoms. The first-order valence-corrected chi connectivity index (χ1v) is 7.32. The number of amidine groups is 1. The molecule has 1 heterocycles. The van der Waals surface area contributed by atoms with Gasteiger partial charge >= 0.3 is 6.09 Å². The van der Waals surface area contributed by atoms with E-state index in [-0.39, 0.29) is 24.0 Å². The fourth-order valence-electron chi connectivity index (χ4n) is 3.37. The molecule has 1 aliphatic heterocycles. The van der Waals surface area contributed by atoms with E-state index in [1.807, 2.05) is 20.8 Å². The Morgan fingerprint density at radius 2 is 2.00 bits per heavy atom. The number of hydrogen-bond donors (Lipinski definition) is 2. The lowest BCUT2D eigenvalue weighted by Crippen LogP contribution is -2.50. The van der Waals surface area contributed by atoms with Gasteiger partial charge < -0.3 is 15.7 Å². The second kappa shape index (κ2) is 5.50. The number of oxime groups is 1. The Kier molecular flexibility index (Phi) is 4.11. The molecule has 0 aromatic heterocycles. The summed E-state index contributed by atoms with van der Waals surface area (Å²) in [6.07, 6.45) is 4.77. The zero-order valence-corrected chi connectivity index (χ0v) is 12.5. The molecule has 0 aromatic carbocycles. The van der Waals surface area contributed by atoms with Crippen LogP contribution in [-0.4, -0.2) is 39.7 Å². The summed E-state index contributed by atoms with van der Waals surface area (Å²) in [5.41, 5.74) is 5.23. The van der Waals surface area contributed by atoms with Gasteiger partial charge in [-0.3, -0.25) is 4.90 Å². The van der Waals surface area contributed by atoms with Crippen LogP contribution in [-0.2, 0) is 4.74 Å². The molecule has 2 aliphatic rings. The minimum atomic E-state index is -0.542. The van der Waals surface area contributed by atoms with Crippen LogP contribution in [0.3, 0.4) is 0 Å². The summed E-state index contributed by atoms with van der Waals surface area (Å²) < 4.78 is 5.49. The highest BCUT2D eigenvalue weighted by atomic mass is 16.6. The Bertz CT molecular complexity index is 403. The molecule has 1 saturated heterocycles. The molecule has 6 heteroatoms. The van der Waals surface area contributed by atoms with Gasteiger partial charge in [0, 0.05) is 6.04 Å². The predicted molar refractivity (Wildman–Crippen MR) is 75.6 cm³/mol. The first kappa shape index (κ1) is 14.9. The quantitative estimate of drug-likeness (QED) is 0.334. The van der Waals surface area contributed by atoms with E-state index in [1.165, 1.54) is 6.42 Å². The average Bonchev–Trinajstić information content (AvgIpc) is 2.75. The Labute approximate surface area is 119 Å². The van der Waals surface area contributed by atoms with Crippen molar-refractivity contribution in [1.82, 2.24) is 4.90 Å². The zero-order valence-electron chi connectivity index (χ0n) is 12.5. The number of fused-ring (bicyclic) bond motifs is 1. The summed E-state index contributed by atoms with van der Waals surface area (Å²) in [4.78, 5) is 14.2. The number of hydrogen-bond acceptors (Lipinski definition) is 4. The smallest absolute Gasteiger partial charge is 0.411 e. The summed E-state index contributed by atoms with van der Waals surface area (Å²) in [7, 11) is 0. The lowest BCUT2D eigenvalue weighted by Gasteiger charge is -2.34. The fourth-order valence-corrected chi connectivity index (χ4v) is 3.37. The molecule has 114 valence electrons. The molecule has 3 N–H and O–H groups in total. The van der Waals surface area contributed by atoms with Gasteiger partial charge in [0.25, 0.3) is 0 Å². The number of carbonyl (C=O) groups excluding carboxylic acids is 1. The summed E-state index contributed by atoms with van der Waals surface area (Å²) >= 11 is 0. The van der Waals surface area contributed by atoms with Crippen molar-refractivity contribution in [2.75, 3.05) is 0 Å². The van der Waals surface area contributed by atoms with Gasteiger partial charge in [-0.2, -0.15) is 0 Å². The van der Waals surface area contributed by atoms with Crippen LogP contribution in [0.1, 0.15) is 52.9 Å². The molecule has 3 atom stereocenters. The Morgan fingerprint density at radius 1 is 1.35 bits per heavy atom. The first-order chi connectivity index (χ1) is 9.33.